The Bertz CT molecular complexity index is 300. The molecule has 0 atom stereocenters. The van der Waals surface area contributed by atoms with E-state index in [1.54, 1.807) is 0 Å². The zero-order valence-electron chi connectivity index (χ0n) is 6.35. The molecule has 0 aromatic carbocycles. The molecule has 1 heterocycles. The van der Waals surface area contributed by atoms with Gasteiger partial charge in [-0.2, -0.15) is 13.9 Å². The van der Waals surface area contributed by atoms with Crippen LogP contribution in [0.15, 0.2) is 12.4 Å². The Morgan fingerprint density at radius 2 is 2.46 bits per heavy atom. The molecule has 0 aliphatic carbocycles. The molecule has 0 aliphatic heterocycles. The predicted molar refractivity (Wildman–Crippen MR) is 36.6 cm³/mol. The molecular weight excluding hydrogens is 186 g/mol. The molecule has 5 nitrogen and oxygen atoms in total. The van der Waals surface area contributed by atoms with Gasteiger partial charge in [0.2, 0.25) is 0 Å². The maximum absolute atomic E-state index is 11.9. The van der Waals surface area contributed by atoms with E-state index >= 15 is 0 Å². The van der Waals surface area contributed by atoms with Crippen molar-refractivity contribution in [3.8, 4) is 5.75 Å². The van der Waals surface area contributed by atoms with Crippen LogP contribution in [-0.2, 0) is 4.79 Å². The van der Waals surface area contributed by atoms with Crippen LogP contribution in [-0.4, -0.2) is 27.5 Å². The van der Waals surface area contributed by atoms with Crippen molar-refractivity contribution in [2.24, 2.45) is 0 Å². The van der Waals surface area contributed by atoms with E-state index in [9.17, 15) is 13.6 Å². The SMILES string of the molecule is O=C(O)COc1cnn(C(F)F)c1. The van der Waals surface area contributed by atoms with Crippen LogP contribution in [0, 0.1) is 0 Å². The van der Waals surface area contributed by atoms with Crippen LogP contribution in [0.1, 0.15) is 6.55 Å². The number of hydrogen-bond acceptors (Lipinski definition) is 3. The highest BCUT2D eigenvalue weighted by molar-refractivity contribution is 5.68. The topological polar surface area (TPSA) is 64.3 Å². The zero-order chi connectivity index (χ0) is 9.84. The summed E-state index contributed by atoms with van der Waals surface area (Å²) in [6, 6.07) is 0. The summed E-state index contributed by atoms with van der Waals surface area (Å²) in [5.41, 5.74) is 0. The first-order valence-corrected chi connectivity index (χ1v) is 3.26. The van der Waals surface area contributed by atoms with Crippen LogP contribution < -0.4 is 4.74 Å². The molecule has 0 fully saturated rings. The van der Waals surface area contributed by atoms with E-state index in [-0.39, 0.29) is 5.75 Å². The van der Waals surface area contributed by atoms with E-state index in [4.69, 9.17) is 5.11 Å². The van der Waals surface area contributed by atoms with Gasteiger partial charge in [0.05, 0.1) is 12.4 Å². The maximum Gasteiger partial charge on any atom is 0.341 e. The number of hydrogen-bond donors (Lipinski definition) is 1. The molecule has 0 spiro atoms. The third kappa shape index (κ3) is 2.69. The van der Waals surface area contributed by atoms with Crippen LogP contribution in [0.3, 0.4) is 0 Å². The molecular formula is C6H6F2N2O3. The molecule has 0 bridgehead atoms. The molecule has 0 unspecified atom stereocenters. The first-order valence-electron chi connectivity index (χ1n) is 3.26. The molecule has 0 radical (unpaired) electrons. The fourth-order valence-corrected chi connectivity index (χ4v) is 0.647. The van der Waals surface area contributed by atoms with Crippen molar-refractivity contribution in [1.29, 1.82) is 0 Å². The van der Waals surface area contributed by atoms with Gasteiger partial charge >= 0.3 is 12.5 Å². The summed E-state index contributed by atoms with van der Waals surface area (Å²) >= 11 is 0. The number of alkyl halides is 2. The van der Waals surface area contributed by atoms with Crippen LogP contribution in [0.25, 0.3) is 0 Å². The number of carboxylic acids is 1. The molecule has 0 amide bonds. The Morgan fingerprint density at radius 1 is 1.77 bits per heavy atom. The third-order valence-corrected chi connectivity index (χ3v) is 1.14. The van der Waals surface area contributed by atoms with Crippen molar-refractivity contribution in [3.63, 3.8) is 0 Å². The average molecular weight is 192 g/mol. The lowest BCUT2D eigenvalue weighted by Gasteiger charge is -1.97. The third-order valence-electron chi connectivity index (χ3n) is 1.14. The zero-order valence-corrected chi connectivity index (χ0v) is 6.35. The Kier molecular flexibility index (Phi) is 2.78. The molecule has 0 saturated heterocycles. The maximum atomic E-state index is 11.9. The average Bonchev–Trinajstić information content (AvgIpc) is 2.48. The molecule has 72 valence electrons. The van der Waals surface area contributed by atoms with Crippen molar-refractivity contribution < 1.29 is 23.4 Å². The quantitative estimate of drug-likeness (QED) is 0.764. The number of carboxylic acid groups (broad SMARTS) is 1. The molecule has 1 aromatic rings. The number of aliphatic carboxylic acids is 1. The Labute approximate surface area is 71.5 Å². The van der Waals surface area contributed by atoms with Crippen LogP contribution in [0.4, 0.5) is 8.78 Å². The van der Waals surface area contributed by atoms with Crippen LogP contribution >= 0.6 is 0 Å². The fourth-order valence-electron chi connectivity index (χ4n) is 0.647. The smallest absolute Gasteiger partial charge is 0.341 e. The van der Waals surface area contributed by atoms with Crippen molar-refractivity contribution >= 4 is 5.97 Å². The van der Waals surface area contributed by atoms with Crippen molar-refractivity contribution in [3.05, 3.63) is 12.4 Å². The standard InChI is InChI=1S/C6H6F2N2O3/c7-6(8)10-2-4(1-9-10)13-3-5(11)12/h1-2,6H,3H2,(H,11,12). The van der Waals surface area contributed by atoms with Gasteiger partial charge in [0.1, 0.15) is 0 Å². The minimum atomic E-state index is -2.75. The highest BCUT2D eigenvalue weighted by atomic mass is 19.3. The number of carbonyl (C=O) groups is 1. The summed E-state index contributed by atoms with van der Waals surface area (Å²) in [7, 11) is 0. The van der Waals surface area contributed by atoms with Crippen molar-refractivity contribution in [2.75, 3.05) is 6.61 Å². The number of halogens is 2. The van der Waals surface area contributed by atoms with Crippen molar-refractivity contribution in [2.45, 2.75) is 6.55 Å². The monoisotopic (exact) mass is 192 g/mol. The largest absolute Gasteiger partial charge is 0.479 e. The van der Waals surface area contributed by atoms with Gasteiger partial charge in [0.15, 0.2) is 12.4 Å². The first kappa shape index (κ1) is 9.43. The van der Waals surface area contributed by atoms with Crippen LogP contribution in [0.5, 0.6) is 5.75 Å². The Morgan fingerprint density at radius 3 is 2.92 bits per heavy atom. The van der Waals surface area contributed by atoms with Crippen molar-refractivity contribution in [1.82, 2.24) is 9.78 Å². The van der Waals surface area contributed by atoms with Gasteiger partial charge in [-0.15, -0.1) is 0 Å². The Hall–Kier alpha value is -1.66. The molecule has 7 heteroatoms. The van der Waals surface area contributed by atoms with E-state index < -0.39 is 19.1 Å². The number of ether oxygens (including phenoxy) is 1. The first-order chi connectivity index (χ1) is 6.09. The summed E-state index contributed by atoms with van der Waals surface area (Å²) in [4.78, 5) is 10.0. The van der Waals surface area contributed by atoms with E-state index in [1.807, 2.05) is 0 Å². The number of aromatic nitrogens is 2. The molecule has 13 heavy (non-hydrogen) atoms. The molecule has 1 rings (SSSR count). The summed E-state index contributed by atoms with van der Waals surface area (Å²) < 4.78 is 28.8. The van der Waals surface area contributed by atoms with Gasteiger partial charge in [-0.05, 0) is 0 Å². The number of rotatable bonds is 4. The minimum absolute atomic E-state index is 0.00250. The summed E-state index contributed by atoms with van der Waals surface area (Å²) in [5, 5.41) is 11.4. The molecule has 1 aromatic heterocycles. The second-order valence-electron chi connectivity index (χ2n) is 2.12. The Balaban J connectivity index is 2.54. The second kappa shape index (κ2) is 3.83. The normalized spacial score (nSPS) is 10.4. The van der Waals surface area contributed by atoms with E-state index in [0.717, 1.165) is 12.4 Å². The highest BCUT2D eigenvalue weighted by Crippen LogP contribution is 2.14. The summed E-state index contributed by atoms with van der Waals surface area (Å²) in [6.07, 6.45) is 1.95. The van der Waals surface area contributed by atoms with E-state index in [2.05, 4.69) is 9.84 Å². The lowest BCUT2D eigenvalue weighted by atomic mass is 10.6. The van der Waals surface area contributed by atoms with E-state index in [0.29, 0.717) is 4.68 Å². The highest BCUT2D eigenvalue weighted by Gasteiger charge is 2.08. The van der Waals surface area contributed by atoms with Gasteiger partial charge < -0.3 is 9.84 Å². The van der Waals surface area contributed by atoms with Gasteiger partial charge in [-0.1, -0.05) is 0 Å². The summed E-state index contributed by atoms with van der Waals surface area (Å²) in [5.74, 6) is -1.17. The lowest BCUT2D eigenvalue weighted by molar-refractivity contribution is -0.139. The van der Waals surface area contributed by atoms with Gasteiger partial charge in [0.25, 0.3) is 0 Å². The van der Waals surface area contributed by atoms with E-state index in [1.165, 1.54) is 0 Å². The molecule has 0 aliphatic rings. The summed E-state index contributed by atoms with van der Waals surface area (Å²) in [6.45, 7) is -3.32. The van der Waals surface area contributed by atoms with Gasteiger partial charge in [-0.25, -0.2) is 9.48 Å². The predicted octanol–water partition coefficient (Wildman–Crippen LogP) is 0.742. The van der Waals surface area contributed by atoms with Crippen LogP contribution in [0.2, 0.25) is 0 Å². The van der Waals surface area contributed by atoms with Gasteiger partial charge in [0, 0.05) is 0 Å². The molecule has 0 saturated carbocycles. The number of nitrogens with zero attached hydrogens (tertiary/aromatic N) is 2. The fraction of sp³-hybridized carbons (Fsp3) is 0.333. The second-order valence-corrected chi connectivity index (χ2v) is 2.12. The van der Waals surface area contributed by atoms with Gasteiger partial charge in [-0.3, -0.25) is 0 Å². The lowest BCUT2D eigenvalue weighted by Crippen LogP contribution is -2.08. The molecule has 1 N–H and O–H groups in total. The minimum Gasteiger partial charge on any atom is -0.479 e.